The lowest BCUT2D eigenvalue weighted by atomic mass is 9.81. The summed E-state index contributed by atoms with van der Waals surface area (Å²) in [5.74, 6) is 1.43. The van der Waals surface area contributed by atoms with E-state index in [0.29, 0.717) is 31.2 Å². The molecule has 8 heteroatoms. The van der Waals surface area contributed by atoms with Crippen molar-refractivity contribution in [1.29, 1.82) is 0 Å². The molecule has 6 N–H and O–H groups in total. The molecule has 3 atom stereocenters. The van der Waals surface area contributed by atoms with Gasteiger partial charge in [-0.15, -0.1) is 0 Å². The third kappa shape index (κ3) is 5.65. The second-order valence-electron chi connectivity index (χ2n) is 8.29. The summed E-state index contributed by atoms with van der Waals surface area (Å²) in [6.07, 6.45) is 5.50. The van der Waals surface area contributed by atoms with Crippen molar-refractivity contribution in [2.75, 3.05) is 45.7 Å². The van der Waals surface area contributed by atoms with Crippen LogP contribution in [-0.4, -0.2) is 57.2 Å². The van der Waals surface area contributed by atoms with Crippen molar-refractivity contribution in [3.8, 4) is 5.75 Å². The number of nitrogens with two attached hydrogens (primary N) is 2. The first-order chi connectivity index (χ1) is 14.5. The normalized spacial score (nSPS) is 23.4. The SMILES string of the molecule is CNCCC[C@@H]1Nc2ccc(OOC/C(C)=C/CN=C(N)N)cc2C2[C@H]1CCN2C. The molecule has 30 heavy (non-hydrogen) atoms. The average Bonchev–Trinajstić information content (AvgIpc) is 3.10. The van der Waals surface area contributed by atoms with Crippen molar-refractivity contribution in [2.45, 2.75) is 38.3 Å². The number of nitrogens with zero attached hydrogens (tertiary/aromatic N) is 2. The molecule has 0 radical (unpaired) electrons. The van der Waals surface area contributed by atoms with Crippen molar-refractivity contribution in [3.63, 3.8) is 0 Å². The van der Waals surface area contributed by atoms with Gasteiger partial charge in [-0.05, 0) is 88.6 Å². The van der Waals surface area contributed by atoms with Crippen LogP contribution in [0.25, 0.3) is 0 Å². The predicted molar refractivity (Wildman–Crippen MR) is 122 cm³/mol. The van der Waals surface area contributed by atoms with E-state index in [9.17, 15) is 0 Å². The van der Waals surface area contributed by atoms with Gasteiger partial charge in [0.15, 0.2) is 11.7 Å². The van der Waals surface area contributed by atoms with Gasteiger partial charge in [0.1, 0.15) is 6.61 Å². The van der Waals surface area contributed by atoms with Gasteiger partial charge in [0.25, 0.3) is 0 Å². The molecule has 2 aliphatic rings. The van der Waals surface area contributed by atoms with Gasteiger partial charge in [0, 0.05) is 17.8 Å². The number of nitrogens with one attached hydrogen (secondary N) is 2. The van der Waals surface area contributed by atoms with Crippen LogP contribution in [-0.2, 0) is 4.89 Å². The van der Waals surface area contributed by atoms with Gasteiger partial charge < -0.3 is 27.0 Å². The van der Waals surface area contributed by atoms with E-state index in [0.717, 1.165) is 24.4 Å². The van der Waals surface area contributed by atoms with Crippen LogP contribution in [0, 0.1) is 5.92 Å². The fourth-order valence-electron chi connectivity index (χ4n) is 4.48. The zero-order chi connectivity index (χ0) is 21.5. The molecule has 1 aromatic rings. The summed E-state index contributed by atoms with van der Waals surface area (Å²) in [5, 5.41) is 7.04. The molecule has 1 unspecified atom stereocenters. The number of aliphatic imine (C=N–C) groups is 1. The summed E-state index contributed by atoms with van der Waals surface area (Å²) in [7, 11) is 4.24. The zero-order valence-electron chi connectivity index (χ0n) is 18.4. The molecule has 166 valence electrons. The summed E-state index contributed by atoms with van der Waals surface area (Å²) in [5.41, 5.74) is 14.2. The van der Waals surface area contributed by atoms with E-state index in [-0.39, 0.29) is 5.96 Å². The number of rotatable bonds is 10. The molecule has 0 amide bonds. The molecule has 1 fully saturated rings. The number of benzene rings is 1. The number of hydrogen-bond acceptors (Lipinski definition) is 6. The van der Waals surface area contributed by atoms with Crippen molar-refractivity contribution >= 4 is 11.6 Å². The third-order valence-corrected chi connectivity index (χ3v) is 5.99. The molecule has 0 bridgehead atoms. The second kappa shape index (κ2) is 10.7. The molecular weight excluding hydrogens is 380 g/mol. The molecule has 8 nitrogen and oxygen atoms in total. The zero-order valence-corrected chi connectivity index (χ0v) is 18.4. The Morgan fingerprint density at radius 1 is 1.40 bits per heavy atom. The molecule has 0 aromatic heterocycles. The lowest BCUT2D eigenvalue weighted by Gasteiger charge is -2.39. The molecule has 1 saturated heterocycles. The number of guanidine groups is 1. The molecular formula is C22H36N6O2. The van der Waals surface area contributed by atoms with Gasteiger partial charge in [-0.1, -0.05) is 6.08 Å². The first kappa shape index (κ1) is 22.4. The molecule has 0 saturated carbocycles. The van der Waals surface area contributed by atoms with Crippen LogP contribution in [0.5, 0.6) is 5.75 Å². The van der Waals surface area contributed by atoms with E-state index >= 15 is 0 Å². The molecule has 0 spiro atoms. The maximum atomic E-state index is 5.58. The highest BCUT2D eigenvalue weighted by Crippen LogP contribution is 2.47. The van der Waals surface area contributed by atoms with E-state index in [1.54, 1.807) is 0 Å². The quantitative estimate of drug-likeness (QED) is 0.115. The Balaban J connectivity index is 1.63. The first-order valence-corrected chi connectivity index (χ1v) is 10.8. The topological polar surface area (TPSA) is 110 Å². The van der Waals surface area contributed by atoms with E-state index < -0.39 is 0 Å². The molecule has 3 rings (SSSR count). The lowest BCUT2D eigenvalue weighted by molar-refractivity contribution is -0.198. The Bertz CT molecular complexity index is 762. The monoisotopic (exact) mass is 416 g/mol. The predicted octanol–water partition coefficient (Wildman–Crippen LogP) is 2.00. The second-order valence-corrected chi connectivity index (χ2v) is 8.29. The average molecular weight is 417 g/mol. The third-order valence-electron chi connectivity index (χ3n) is 5.99. The van der Waals surface area contributed by atoms with Crippen molar-refractivity contribution < 1.29 is 9.78 Å². The minimum Gasteiger partial charge on any atom is -0.382 e. The highest BCUT2D eigenvalue weighted by atomic mass is 17.2. The molecule has 0 aliphatic carbocycles. The molecule has 2 aliphatic heterocycles. The highest BCUT2D eigenvalue weighted by Gasteiger charge is 2.42. The van der Waals surface area contributed by atoms with Crippen molar-refractivity contribution in [2.24, 2.45) is 22.4 Å². The van der Waals surface area contributed by atoms with Crippen LogP contribution >= 0.6 is 0 Å². The minimum absolute atomic E-state index is 0.0818. The summed E-state index contributed by atoms with van der Waals surface area (Å²) in [6.45, 7) is 4.93. The Hall–Kier alpha value is -2.29. The molecule has 2 heterocycles. The van der Waals surface area contributed by atoms with Crippen LogP contribution in [0.4, 0.5) is 5.69 Å². The standard InChI is InChI=1S/C22H36N6O2/c1-15(8-11-26-22(23)24)14-29-30-16-6-7-20-18(13-16)21-17(9-12-28(21)3)19(27-20)5-4-10-25-2/h6-8,13,17,19,21,25,27H,4-5,9-12,14H2,1-3H3,(H4,23,24,26)/b15-8+/t17-,19-,21?/m0/s1. The fraction of sp³-hybridized carbons (Fsp3) is 0.591. The van der Waals surface area contributed by atoms with Gasteiger partial charge in [-0.3, -0.25) is 4.90 Å². The summed E-state index contributed by atoms with van der Waals surface area (Å²) in [6, 6.07) is 7.13. The van der Waals surface area contributed by atoms with Crippen molar-refractivity contribution in [3.05, 3.63) is 35.4 Å². The Labute approximate surface area is 179 Å². The van der Waals surface area contributed by atoms with Crippen LogP contribution in [0.1, 0.15) is 37.8 Å². The van der Waals surface area contributed by atoms with Gasteiger partial charge >= 0.3 is 0 Å². The van der Waals surface area contributed by atoms with Gasteiger partial charge in [-0.25, -0.2) is 4.99 Å². The van der Waals surface area contributed by atoms with Crippen LogP contribution < -0.4 is 27.0 Å². The van der Waals surface area contributed by atoms with Gasteiger partial charge in [-0.2, -0.15) is 4.89 Å². The minimum atomic E-state index is 0.0818. The summed E-state index contributed by atoms with van der Waals surface area (Å²) < 4.78 is 0. The maximum Gasteiger partial charge on any atom is 0.186 e. The van der Waals surface area contributed by atoms with E-state index in [1.165, 1.54) is 30.5 Å². The highest BCUT2D eigenvalue weighted by molar-refractivity contribution is 5.75. The van der Waals surface area contributed by atoms with E-state index in [1.807, 2.05) is 26.1 Å². The Morgan fingerprint density at radius 2 is 2.23 bits per heavy atom. The Morgan fingerprint density at radius 3 is 3.00 bits per heavy atom. The summed E-state index contributed by atoms with van der Waals surface area (Å²) >= 11 is 0. The largest absolute Gasteiger partial charge is 0.382 e. The van der Waals surface area contributed by atoms with E-state index in [2.05, 4.69) is 39.7 Å². The van der Waals surface area contributed by atoms with Crippen LogP contribution in [0.2, 0.25) is 0 Å². The maximum absolute atomic E-state index is 5.58. The van der Waals surface area contributed by atoms with Crippen LogP contribution in [0.15, 0.2) is 34.8 Å². The smallest absolute Gasteiger partial charge is 0.186 e. The number of anilines is 1. The number of likely N-dealkylation sites (tertiary alicyclic amines) is 1. The number of fused-ring (bicyclic) bond motifs is 3. The first-order valence-electron chi connectivity index (χ1n) is 10.8. The van der Waals surface area contributed by atoms with Gasteiger partial charge in [0.2, 0.25) is 0 Å². The van der Waals surface area contributed by atoms with E-state index in [4.69, 9.17) is 21.2 Å². The number of hydrogen-bond donors (Lipinski definition) is 4. The lowest BCUT2D eigenvalue weighted by Crippen LogP contribution is -2.38. The van der Waals surface area contributed by atoms with Gasteiger partial charge in [0.05, 0.1) is 6.54 Å². The van der Waals surface area contributed by atoms with Crippen molar-refractivity contribution in [1.82, 2.24) is 10.2 Å². The fourth-order valence-corrected chi connectivity index (χ4v) is 4.48. The van der Waals surface area contributed by atoms with Crippen LogP contribution in [0.3, 0.4) is 0 Å². The Kier molecular flexibility index (Phi) is 7.95. The molecule has 1 aromatic carbocycles. The summed E-state index contributed by atoms with van der Waals surface area (Å²) in [4.78, 5) is 17.4.